The van der Waals surface area contributed by atoms with Gasteiger partial charge in [0.15, 0.2) is 0 Å². The van der Waals surface area contributed by atoms with E-state index >= 15 is 0 Å². The smallest absolute Gasteiger partial charge is 0.118 e. The molecule has 4 heteroatoms. The number of hydrogen-bond acceptors (Lipinski definition) is 3. The highest BCUT2D eigenvalue weighted by molar-refractivity contribution is 6.31. The highest BCUT2D eigenvalue weighted by Gasteiger charge is 2.06. The Labute approximate surface area is 124 Å². The molecule has 0 unspecified atom stereocenters. The molecule has 0 heterocycles. The van der Waals surface area contributed by atoms with Crippen molar-refractivity contribution in [2.45, 2.75) is 6.42 Å². The summed E-state index contributed by atoms with van der Waals surface area (Å²) in [7, 11) is 3.69. The van der Waals surface area contributed by atoms with Crippen LogP contribution in [0.4, 0.5) is 11.4 Å². The summed E-state index contributed by atoms with van der Waals surface area (Å²) in [5.41, 5.74) is 8.95. The van der Waals surface area contributed by atoms with Crippen molar-refractivity contribution < 1.29 is 4.74 Å². The summed E-state index contributed by atoms with van der Waals surface area (Å²) < 4.78 is 5.15. The average molecular weight is 291 g/mol. The number of halogens is 1. The first-order chi connectivity index (χ1) is 9.60. The number of nitrogen functional groups attached to an aromatic ring is 1. The van der Waals surface area contributed by atoms with Gasteiger partial charge in [-0.2, -0.15) is 0 Å². The molecule has 2 N–H and O–H groups in total. The molecule has 106 valence electrons. The number of anilines is 2. The van der Waals surface area contributed by atoms with E-state index in [4.69, 9.17) is 22.1 Å². The van der Waals surface area contributed by atoms with Crippen LogP contribution in [0.15, 0.2) is 42.5 Å². The molecule has 0 saturated heterocycles. The van der Waals surface area contributed by atoms with E-state index in [0.717, 1.165) is 30.1 Å². The van der Waals surface area contributed by atoms with Crippen molar-refractivity contribution in [2.75, 3.05) is 31.3 Å². The fourth-order valence-electron chi connectivity index (χ4n) is 2.06. The van der Waals surface area contributed by atoms with Crippen molar-refractivity contribution in [3.05, 3.63) is 53.1 Å². The molecule has 0 fully saturated rings. The molecule has 0 aliphatic carbocycles. The highest BCUT2D eigenvalue weighted by Crippen LogP contribution is 2.26. The first-order valence-electron chi connectivity index (χ1n) is 6.49. The summed E-state index contributed by atoms with van der Waals surface area (Å²) >= 11 is 6.02. The molecule has 2 aromatic rings. The van der Waals surface area contributed by atoms with E-state index in [1.54, 1.807) is 13.2 Å². The normalized spacial score (nSPS) is 10.3. The van der Waals surface area contributed by atoms with Crippen molar-refractivity contribution in [3.63, 3.8) is 0 Å². The van der Waals surface area contributed by atoms with Gasteiger partial charge in [0.05, 0.1) is 18.5 Å². The Bertz CT molecular complexity index is 569. The molecule has 0 saturated carbocycles. The predicted octanol–water partition coefficient (Wildman–Crippen LogP) is 3.61. The Hall–Kier alpha value is -1.87. The van der Waals surface area contributed by atoms with Crippen LogP contribution in [0.2, 0.25) is 5.02 Å². The van der Waals surface area contributed by atoms with E-state index in [0.29, 0.717) is 5.02 Å². The zero-order valence-corrected chi connectivity index (χ0v) is 12.5. The summed E-state index contributed by atoms with van der Waals surface area (Å²) in [4.78, 5) is 2.12. The van der Waals surface area contributed by atoms with Gasteiger partial charge in [0.25, 0.3) is 0 Å². The van der Waals surface area contributed by atoms with Gasteiger partial charge in [-0.15, -0.1) is 0 Å². The van der Waals surface area contributed by atoms with Crippen molar-refractivity contribution in [3.8, 4) is 5.75 Å². The summed E-state index contributed by atoms with van der Waals surface area (Å²) in [6, 6.07) is 13.6. The molecular weight excluding hydrogens is 272 g/mol. The van der Waals surface area contributed by atoms with Gasteiger partial charge in [-0.25, -0.2) is 0 Å². The van der Waals surface area contributed by atoms with Crippen LogP contribution in [0.25, 0.3) is 0 Å². The summed E-state index contributed by atoms with van der Waals surface area (Å²) in [6.45, 7) is 0.872. The van der Waals surface area contributed by atoms with Gasteiger partial charge in [0, 0.05) is 18.6 Å². The second-order valence-electron chi connectivity index (χ2n) is 4.72. The third-order valence-electron chi connectivity index (χ3n) is 3.30. The topological polar surface area (TPSA) is 38.5 Å². The van der Waals surface area contributed by atoms with Crippen LogP contribution in [0, 0.1) is 0 Å². The molecule has 0 radical (unpaired) electrons. The van der Waals surface area contributed by atoms with Crippen LogP contribution in [-0.2, 0) is 6.42 Å². The van der Waals surface area contributed by atoms with Gasteiger partial charge in [-0.05, 0) is 42.3 Å². The number of benzene rings is 2. The number of likely N-dealkylation sites (N-methyl/N-ethyl adjacent to an activating group) is 1. The van der Waals surface area contributed by atoms with E-state index < -0.39 is 0 Å². The van der Waals surface area contributed by atoms with E-state index in [-0.39, 0.29) is 0 Å². The van der Waals surface area contributed by atoms with Crippen LogP contribution in [-0.4, -0.2) is 20.7 Å². The van der Waals surface area contributed by atoms with Gasteiger partial charge in [0.1, 0.15) is 5.75 Å². The quantitative estimate of drug-likeness (QED) is 0.855. The summed E-state index contributed by atoms with van der Waals surface area (Å²) in [6.07, 6.45) is 0.937. The fourth-order valence-corrected chi connectivity index (χ4v) is 2.22. The summed E-state index contributed by atoms with van der Waals surface area (Å²) in [5, 5.41) is 0.700. The van der Waals surface area contributed by atoms with Gasteiger partial charge in [-0.3, -0.25) is 0 Å². The van der Waals surface area contributed by atoms with E-state index in [1.807, 2.05) is 31.3 Å². The second kappa shape index (κ2) is 6.53. The molecular formula is C16H19ClN2O. The molecule has 2 rings (SSSR count). The number of methoxy groups -OCH3 is 1. The lowest BCUT2D eigenvalue weighted by Gasteiger charge is -2.21. The van der Waals surface area contributed by atoms with Crippen molar-refractivity contribution in [2.24, 2.45) is 0 Å². The van der Waals surface area contributed by atoms with Crippen LogP contribution < -0.4 is 15.4 Å². The minimum absolute atomic E-state index is 0.700. The maximum Gasteiger partial charge on any atom is 0.118 e. The van der Waals surface area contributed by atoms with Crippen molar-refractivity contribution >= 4 is 23.0 Å². The Morgan fingerprint density at radius 2 is 1.85 bits per heavy atom. The third-order valence-corrected chi connectivity index (χ3v) is 3.53. The molecule has 0 bridgehead atoms. The molecule has 0 amide bonds. The minimum atomic E-state index is 0.700. The highest BCUT2D eigenvalue weighted by atomic mass is 35.5. The van der Waals surface area contributed by atoms with Crippen LogP contribution in [0.5, 0.6) is 5.75 Å². The lowest BCUT2D eigenvalue weighted by atomic mass is 10.1. The molecule has 3 nitrogen and oxygen atoms in total. The number of hydrogen-bond donors (Lipinski definition) is 1. The molecule has 0 atom stereocenters. The molecule has 0 spiro atoms. The maximum absolute atomic E-state index is 6.02. The van der Waals surface area contributed by atoms with Gasteiger partial charge < -0.3 is 15.4 Å². The number of nitrogens with zero attached hydrogens (tertiary/aromatic N) is 1. The number of ether oxygens (including phenoxy) is 1. The Kier molecular flexibility index (Phi) is 4.74. The van der Waals surface area contributed by atoms with Crippen LogP contribution in [0.3, 0.4) is 0 Å². The molecule has 0 aliphatic rings. The largest absolute Gasteiger partial charge is 0.497 e. The fraction of sp³-hybridized carbons (Fsp3) is 0.250. The molecule has 0 aromatic heterocycles. The van der Waals surface area contributed by atoms with Crippen molar-refractivity contribution in [1.29, 1.82) is 0 Å². The second-order valence-corrected chi connectivity index (χ2v) is 5.16. The van der Waals surface area contributed by atoms with E-state index in [9.17, 15) is 0 Å². The lowest BCUT2D eigenvalue weighted by Crippen LogP contribution is -2.21. The first-order valence-corrected chi connectivity index (χ1v) is 6.87. The van der Waals surface area contributed by atoms with E-state index in [2.05, 4.69) is 17.0 Å². The molecule has 0 aliphatic heterocycles. The summed E-state index contributed by atoms with van der Waals surface area (Å²) in [5.74, 6) is 0.876. The van der Waals surface area contributed by atoms with Crippen LogP contribution >= 0.6 is 11.6 Å². The predicted molar refractivity (Wildman–Crippen MR) is 85.8 cm³/mol. The zero-order valence-electron chi connectivity index (χ0n) is 11.8. The lowest BCUT2D eigenvalue weighted by molar-refractivity contribution is 0.414. The third kappa shape index (κ3) is 3.58. The number of nitrogens with two attached hydrogens (primary N) is 1. The molecule has 20 heavy (non-hydrogen) atoms. The molecule has 2 aromatic carbocycles. The minimum Gasteiger partial charge on any atom is -0.497 e. The first kappa shape index (κ1) is 14.5. The van der Waals surface area contributed by atoms with Crippen LogP contribution in [0.1, 0.15) is 5.56 Å². The monoisotopic (exact) mass is 290 g/mol. The maximum atomic E-state index is 6.02. The number of rotatable bonds is 5. The van der Waals surface area contributed by atoms with E-state index in [1.165, 1.54) is 5.56 Å². The van der Waals surface area contributed by atoms with Gasteiger partial charge >= 0.3 is 0 Å². The SMILES string of the molecule is COc1ccc(CCN(C)c2cc(Cl)ccc2N)cc1. The Morgan fingerprint density at radius 1 is 1.15 bits per heavy atom. The van der Waals surface area contributed by atoms with Gasteiger partial charge in [-0.1, -0.05) is 23.7 Å². The Morgan fingerprint density at radius 3 is 2.50 bits per heavy atom. The standard InChI is InChI=1S/C16H19ClN2O/c1-19(16-11-13(17)5-8-15(16)18)10-9-12-3-6-14(20-2)7-4-12/h3-8,11H,9-10,18H2,1-2H3. The van der Waals surface area contributed by atoms with Crippen molar-refractivity contribution in [1.82, 2.24) is 0 Å². The Balaban J connectivity index is 2.00. The van der Waals surface area contributed by atoms with Gasteiger partial charge in [0.2, 0.25) is 0 Å². The zero-order chi connectivity index (χ0) is 14.5. The average Bonchev–Trinajstić information content (AvgIpc) is 2.47.